The van der Waals surface area contributed by atoms with Gasteiger partial charge in [-0.2, -0.15) is 17.7 Å². The summed E-state index contributed by atoms with van der Waals surface area (Å²) in [7, 11) is 0. The van der Waals surface area contributed by atoms with E-state index in [1.807, 2.05) is 0 Å². The van der Waals surface area contributed by atoms with Crippen LogP contribution in [0.5, 0.6) is 11.5 Å². The van der Waals surface area contributed by atoms with Gasteiger partial charge in [-0.05, 0) is 0 Å². The van der Waals surface area contributed by atoms with Gasteiger partial charge in [-0.25, -0.2) is 12.1 Å². The van der Waals surface area contributed by atoms with Crippen LogP contribution in [0.1, 0.15) is 12.5 Å². The minimum Gasteiger partial charge on any atom is -0.743 e. The van der Waals surface area contributed by atoms with E-state index in [4.69, 9.17) is 10.2 Å². The summed E-state index contributed by atoms with van der Waals surface area (Å²) in [5.41, 5.74) is 1.43. The quantitative estimate of drug-likeness (QED) is 0.600. The van der Waals surface area contributed by atoms with E-state index < -0.39 is 0 Å². The second kappa shape index (κ2) is 7.16. The van der Waals surface area contributed by atoms with Gasteiger partial charge in [0, 0.05) is 17.1 Å². The van der Waals surface area contributed by atoms with Crippen LogP contribution in [-0.4, -0.2) is 10.2 Å². The van der Waals surface area contributed by atoms with Crippen LogP contribution in [0.4, 0.5) is 0 Å². The molecule has 0 saturated carbocycles. The minimum atomic E-state index is -0.0556. The first-order valence-electron chi connectivity index (χ1n) is 4.58. The third-order valence-electron chi connectivity index (χ3n) is 1.91. The standard InChI is InChI=1S/C7H9.C5H5O2.Fe/c1-2-7-5-3-4-6-7;6-4-2-1-3-5(4)7;/h3-6H,2H2,1H3;1-3,6-7H;/q-1;-5;. The van der Waals surface area contributed by atoms with E-state index >= 15 is 0 Å². The summed E-state index contributed by atoms with van der Waals surface area (Å²) >= 11 is 0. The maximum atomic E-state index is 8.51. The molecule has 0 aliphatic rings. The molecule has 0 atom stereocenters. The van der Waals surface area contributed by atoms with E-state index in [1.165, 1.54) is 17.7 Å². The van der Waals surface area contributed by atoms with Crippen molar-refractivity contribution in [1.82, 2.24) is 0 Å². The zero-order valence-electron chi connectivity index (χ0n) is 8.50. The Morgan fingerprint density at radius 1 is 1.07 bits per heavy atom. The van der Waals surface area contributed by atoms with Crippen LogP contribution >= 0.6 is 0 Å². The molecule has 2 aromatic carbocycles. The van der Waals surface area contributed by atoms with Gasteiger partial charge in [0.05, 0.1) is 0 Å². The zero-order chi connectivity index (χ0) is 10.4. The molecule has 0 aliphatic carbocycles. The molecule has 0 bridgehead atoms. The van der Waals surface area contributed by atoms with Gasteiger partial charge in [0.15, 0.2) is 0 Å². The number of aryl methyl sites for hydroxylation is 1. The summed E-state index contributed by atoms with van der Waals surface area (Å²) < 4.78 is 0. The normalized spacial score (nSPS) is 8.60. The minimum absolute atomic E-state index is 0. The molecular weight excluding hydrogens is 232 g/mol. The van der Waals surface area contributed by atoms with Crippen LogP contribution in [0.2, 0.25) is 0 Å². The third kappa shape index (κ3) is 4.73. The van der Waals surface area contributed by atoms with E-state index in [0.29, 0.717) is 0 Å². The van der Waals surface area contributed by atoms with E-state index in [9.17, 15) is 0 Å². The van der Waals surface area contributed by atoms with E-state index in [-0.39, 0.29) is 28.6 Å². The van der Waals surface area contributed by atoms with Crippen LogP contribution in [-0.2, 0) is 23.5 Å². The average Bonchev–Trinajstić information content (AvgIpc) is 2.80. The molecule has 3 heteroatoms. The van der Waals surface area contributed by atoms with Crippen LogP contribution in [0, 0.1) is 0 Å². The second-order valence-corrected chi connectivity index (χ2v) is 2.94. The fourth-order valence-electron chi connectivity index (χ4n) is 1.05. The van der Waals surface area contributed by atoms with Crippen molar-refractivity contribution in [3.63, 3.8) is 0 Å². The van der Waals surface area contributed by atoms with E-state index in [1.54, 1.807) is 6.07 Å². The number of aromatic hydroxyl groups is 2. The Labute approximate surface area is 100 Å². The monoisotopic (exact) mass is 246 g/mol. The molecule has 0 aromatic heterocycles. The molecule has 0 aliphatic heterocycles. The van der Waals surface area contributed by atoms with Crippen LogP contribution < -0.4 is 0 Å². The van der Waals surface area contributed by atoms with Crippen molar-refractivity contribution in [2.24, 2.45) is 0 Å². The largest absolute Gasteiger partial charge is 0.743 e. The fourth-order valence-corrected chi connectivity index (χ4v) is 1.05. The first kappa shape index (κ1) is 13.8. The van der Waals surface area contributed by atoms with Crippen molar-refractivity contribution in [3.05, 3.63) is 48.0 Å². The van der Waals surface area contributed by atoms with E-state index in [2.05, 4.69) is 31.2 Å². The molecule has 0 saturated heterocycles. The van der Waals surface area contributed by atoms with Gasteiger partial charge >= 0.3 is 0 Å². The average molecular weight is 246 g/mol. The summed E-state index contributed by atoms with van der Waals surface area (Å²) in [6.07, 6.45) is 1.16. The topological polar surface area (TPSA) is 40.5 Å². The van der Waals surface area contributed by atoms with Crippen molar-refractivity contribution in [2.75, 3.05) is 0 Å². The summed E-state index contributed by atoms with van der Waals surface area (Å²) in [5.74, 6) is -0.111. The van der Waals surface area contributed by atoms with Gasteiger partial charge in [-0.3, -0.25) is 0 Å². The van der Waals surface area contributed by atoms with Crippen molar-refractivity contribution in [3.8, 4) is 11.5 Å². The molecule has 2 nitrogen and oxygen atoms in total. The summed E-state index contributed by atoms with van der Waals surface area (Å²) in [6.45, 7) is 2.16. The smallest absolute Gasteiger partial charge is 0 e. The van der Waals surface area contributed by atoms with E-state index in [0.717, 1.165) is 6.42 Å². The number of hydrogen-bond donors (Lipinski definition) is 2. The molecule has 88 valence electrons. The molecule has 0 spiro atoms. The van der Waals surface area contributed by atoms with Crippen molar-refractivity contribution < 1.29 is 27.3 Å². The van der Waals surface area contributed by atoms with Gasteiger partial charge in [-0.15, -0.1) is 0 Å². The Balaban J connectivity index is 0.000000245. The number of hydrogen-bond acceptors (Lipinski definition) is 2. The Bertz CT molecular complexity index is 333. The molecule has 15 heavy (non-hydrogen) atoms. The summed E-state index contributed by atoms with van der Waals surface area (Å²) in [6, 6.07) is 12.8. The van der Waals surface area contributed by atoms with Gasteiger partial charge < -0.3 is 39.9 Å². The molecule has 0 fully saturated rings. The Morgan fingerprint density at radius 2 is 1.53 bits per heavy atom. The predicted molar refractivity (Wildman–Crippen MR) is 56.8 cm³/mol. The molecular formula is C12H14FeO2-6. The van der Waals surface area contributed by atoms with Gasteiger partial charge in [0.25, 0.3) is 0 Å². The Kier molecular flexibility index (Phi) is 6.59. The molecule has 2 aromatic rings. The first-order chi connectivity index (χ1) is 6.74. The van der Waals surface area contributed by atoms with Crippen molar-refractivity contribution in [1.29, 1.82) is 0 Å². The van der Waals surface area contributed by atoms with Crippen molar-refractivity contribution >= 4 is 0 Å². The van der Waals surface area contributed by atoms with Crippen LogP contribution in [0.15, 0.2) is 42.5 Å². The Morgan fingerprint density at radius 3 is 1.73 bits per heavy atom. The maximum absolute atomic E-state index is 8.51. The third-order valence-corrected chi connectivity index (χ3v) is 1.91. The second-order valence-electron chi connectivity index (χ2n) is 2.94. The first-order valence-corrected chi connectivity index (χ1v) is 4.58. The van der Waals surface area contributed by atoms with Crippen LogP contribution in [0.3, 0.4) is 0 Å². The molecule has 0 heterocycles. The van der Waals surface area contributed by atoms with Gasteiger partial charge in [0.1, 0.15) is 0 Å². The van der Waals surface area contributed by atoms with Gasteiger partial charge in [-0.1, -0.05) is 13.3 Å². The SMILES string of the molecule is CC[c-]1cccc1.O[c-]1[cH-][cH-][cH-][c-]1O.[Fe]. The summed E-state index contributed by atoms with van der Waals surface area (Å²) in [5, 5.41) is 17.0. The molecule has 0 radical (unpaired) electrons. The summed E-state index contributed by atoms with van der Waals surface area (Å²) in [4.78, 5) is 0. The number of rotatable bonds is 1. The van der Waals surface area contributed by atoms with Crippen molar-refractivity contribution in [2.45, 2.75) is 13.3 Å². The predicted octanol–water partition coefficient (Wildman–Crippen LogP) is 2.78. The maximum Gasteiger partial charge on any atom is 0 e. The van der Waals surface area contributed by atoms with Gasteiger partial charge in [0.2, 0.25) is 0 Å². The fraction of sp³-hybridized carbons (Fsp3) is 0.167. The zero-order valence-corrected chi connectivity index (χ0v) is 9.60. The molecule has 2 N–H and O–H groups in total. The molecule has 0 unspecified atom stereocenters. The molecule has 0 amide bonds. The molecule has 2 rings (SSSR count). The van der Waals surface area contributed by atoms with Crippen LogP contribution in [0.25, 0.3) is 0 Å². The Hall–Kier alpha value is -1.18.